The highest BCUT2D eigenvalue weighted by molar-refractivity contribution is 6.07. The molecule has 9 nitrogen and oxygen atoms in total. The summed E-state index contributed by atoms with van der Waals surface area (Å²) in [5.74, 6) is -0.0867. The molecule has 4 heterocycles. The fourth-order valence-electron chi connectivity index (χ4n) is 2.74. The molecule has 4 aromatic rings. The van der Waals surface area contributed by atoms with Gasteiger partial charge in [0.25, 0.3) is 5.95 Å². The Hall–Kier alpha value is -4.01. The van der Waals surface area contributed by atoms with Crippen LogP contribution in [0.2, 0.25) is 0 Å². The normalized spacial score (nSPS) is 10.8. The van der Waals surface area contributed by atoms with E-state index in [2.05, 4.69) is 25.7 Å². The van der Waals surface area contributed by atoms with Gasteiger partial charge < -0.3 is 9.73 Å². The number of amides is 2. The number of fused-ring (bicyclic) bond motifs is 1. The molecule has 2 amide bonds. The highest BCUT2D eigenvalue weighted by Gasteiger charge is 2.20. The number of rotatable bonds is 5. The Balaban J connectivity index is 1.84. The molecule has 0 radical (unpaired) electrons. The van der Waals surface area contributed by atoms with Gasteiger partial charge in [-0.25, -0.2) is 9.31 Å². The summed E-state index contributed by atoms with van der Waals surface area (Å²) in [4.78, 5) is 33.2. The van der Waals surface area contributed by atoms with Gasteiger partial charge in [-0.2, -0.15) is 4.98 Å². The molecular formula is C19H16N6O3. The van der Waals surface area contributed by atoms with Gasteiger partial charge in [0.2, 0.25) is 5.78 Å². The smallest absolute Gasteiger partial charge is 0.321 e. The van der Waals surface area contributed by atoms with Crippen molar-refractivity contribution < 1.29 is 14.0 Å². The number of carbonyl (C=O) groups excluding carboxylic acids is 2. The topological polar surface area (TPSA) is 114 Å². The quantitative estimate of drug-likeness (QED) is 0.518. The van der Waals surface area contributed by atoms with Crippen molar-refractivity contribution in [3.63, 3.8) is 0 Å². The lowest BCUT2D eigenvalue weighted by molar-refractivity contribution is 0.100. The lowest BCUT2D eigenvalue weighted by Crippen LogP contribution is -2.28. The summed E-state index contributed by atoms with van der Waals surface area (Å²) in [5.41, 5.74) is 2.22. The van der Waals surface area contributed by atoms with Crippen LogP contribution in [0.25, 0.3) is 16.8 Å². The number of nitrogens with zero attached hydrogens (tertiary/aromatic N) is 4. The van der Waals surface area contributed by atoms with Crippen LogP contribution in [0, 0.1) is 0 Å². The van der Waals surface area contributed by atoms with E-state index < -0.39 is 6.03 Å². The molecule has 0 unspecified atom stereocenters. The van der Waals surface area contributed by atoms with E-state index in [9.17, 15) is 9.59 Å². The van der Waals surface area contributed by atoms with Gasteiger partial charge in [-0.1, -0.05) is 6.07 Å². The summed E-state index contributed by atoms with van der Waals surface area (Å²) in [6.07, 6.45) is 4.79. The first-order valence-corrected chi connectivity index (χ1v) is 8.60. The molecule has 2 N–H and O–H groups in total. The van der Waals surface area contributed by atoms with Gasteiger partial charge in [-0.15, -0.1) is 5.10 Å². The molecule has 4 rings (SSSR count). The number of furan rings is 1. The van der Waals surface area contributed by atoms with Crippen LogP contribution in [0.4, 0.5) is 10.7 Å². The standard InChI is InChI=1S/C19H16N6O3/c1-2-21-19(27)23-18-22-16-10-13(12-5-3-7-20-11-12)9-14(25(16)24-18)17(26)15-6-4-8-28-15/h3-11H,2H2,1H3,(H2,21,23,24,27). The second-order valence-electron chi connectivity index (χ2n) is 5.87. The monoisotopic (exact) mass is 376 g/mol. The molecule has 28 heavy (non-hydrogen) atoms. The third kappa shape index (κ3) is 3.32. The molecular weight excluding hydrogens is 360 g/mol. The summed E-state index contributed by atoms with van der Waals surface area (Å²) in [5, 5.41) is 9.41. The van der Waals surface area contributed by atoms with Crippen molar-refractivity contribution in [3.8, 4) is 11.1 Å². The number of anilines is 1. The van der Waals surface area contributed by atoms with Gasteiger partial charge in [0.05, 0.1) is 6.26 Å². The van der Waals surface area contributed by atoms with Crippen LogP contribution in [-0.4, -0.2) is 37.9 Å². The van der Waals surface area contributed by atoms with E-state index in [0.29, 0.717) is 12.2 Å². The van der Waals surface area contributed by atoms with E-state index in [0.717, 1.165) is 11.1 Å². The fourth-order valence-corrected chi connectivity index (χ4v) is 2.74. The molecule has 0 saturated carbocycles. The van der Waals surface area contributed by atoms with E-state index in [1.165, 1.54) is 10.8 Å². The van der Waals surface area contributed by atoms with Crippen LogP contribution < -0.4 is 10.6 Å². The number of hydrogen-bond donors (Lipinski definition) is 2. The van der Waals surface area contributed by atoms with Crippen molar-refractivity contribution in [2.24, 2.45) is 0 Å². The van der Waals surface area contributed by atoms with Gasteiger partial charge in [0, 0.05) is 24.5 Å². The molecule has 0 fully saturated rings. The van der Waals surface area contributed by atoms with E-state index >= 15 is 0 Å². The van der Waals surface area contributed by atoms with Gasteiger partial charge in [0.15, 0.2) is 11.4 Å². The largest absolute Gasteiger partial charge is 0.461 e. The summed E-state index contributed by atoms with van der Waals surface area (Å²) >= 11 is 0. The van der Waals surface area contributed by atoms with Crippen LogP contribution in [0.3, 0.4) is 0 Å². The van der Waals surface area contributed by atoms with Crippen molar-refractivity contribution in [2.75, 3.05) is 11.9 Å². The molecule has 4 aromatic heterocycles. The second kappa shape index (κ2) is 7.31. The van der Waals surface area contributed by atoms with Crippen LogP contribution in [0.15, 0.2) is 59.5 Å². The predicted molar refractivity (Wildman–Crippen MR) is 101 cm³/mol. The second-order valence-corrected chi connectivity index (χ2v) is 5.87. The van der Waals surface area contributed by atoms with Crippen LogP contribution >= 0.6 is 0 Å². The van der Waals surface area contributed by atoms with E-state index in [1.54, 1.807) is 49.6 Å². The maximum atomic E-state index is 12.9. The molecule has 0 aromatic carbocycles. The minimum absolute atomic E-state index is 0.0859. The number of ketones is 1. The Kier molecular flexibility index (Phi) is 4.55. The molecule has 0 bridgehead atoms. The zero-order valence-corrected chi connectivity index (χ0v) is 14.9. The minimum Gasteiger partial charge on any atom is -0.461 e. The van der Waals surface area contributed by atoms with Crippen LogP contribution in [-0.2, 0) is 0 Å². The Morgan fingerprint density at radius 1 is 1.18 bits per heavy atom. The summed E-state index contributed by atoms with van der Waals surface area (Å²) in [6, 6.07) is 9.94. The highest BCUT2D eigenvalue weighted by Crippen LogP contribution is 2.24. The number of nitrogens with one attached hydrogen (secondary N) is 2. The minimum atomic E-state index is -0.426. The molecule has 0 atom stereocenters. The van der Waals surface area contributed by atoms with Crippen LogP contribution in [0.1, 0.15) is 23.2 Å². The Bertz CT molecular complexity index is 1140. The van der Waals surface area contributed by atoms with Crippen molar-refractivity contribution in [2.45, 2.75) is 6.92 Å². The maximum absolute atomic E-state index is 12.9. The van der Waals surface area contributed by atoms with Gasteiger partial charge in [-0.3, -0.25) is 15.1 Å². The van der Waals surface area contributed by atoms with Crippen LogP contribution in [0.5, 0.6) is 0 Å². The lowest BCUT2D eigenvalue weighted by Gasteiger charge is -2.06. The Morgan fingerprint density at radius 2 is 2.07 bits per heavy atom. The van der Waals surface area contributed by atoms with E-state index in [4.69, 9.17) is 4.42 Å². The van der Waals surface area contributed by atoms with Crippen molar-refractivity contribution in [3.05, 3.63) is 66.5 Å². The van der Waals surface area contributed by atoms with Gasteiger partial charge in [0.1, 0.15) is 5.69 Å². The zero-order valence-electron chi connectivity index (χ0n) is 14.9. The average Bonchev–Trinajstić information content (AvgIpc) is 3.37. The lowest BCUT2D eigenvalue weighted by atomic mass is 10.1. The Labute approximate surface area is 159 Å². The molecule has 0 aliphatic heterocycles. The molecule has 0 spiro atoms. The summed E-state index contributed by atoms with van der Waals surface area (Å²) < 4.78 is 6.63. The number of pyridine rings is 2. The number of carbonyl (C=O) groups is 2. The average molecular weight is 376 g/mol. The van der Waals surface area contributed by atoms with Gasteiger partial charge in [-0.05, 0) is 42.8 Å². The molecule has 9 heteroatoms. The molecule has 140 valence electrons. The first-order chi connectivity index (χ1) is 13.7. The van der Waals surface area contributed by atoms with Gasteiger partial charge >= 0.3 is 6.03 Å². The molecule has 0 saturated heterocycles. The highest BCUT2D eigenvalue weighted by atomic mass is 16.3. The number of aromatic nitrogens is 4. The SMILES string of the molecule is CCNC(=O)Nc1nc2cc(-c3cccnc3)cc(C(=O)c3ccco3)n2n1. The molecule has 0 aliphatic carbocycles. The zero-order chi connectivity index (χ0) is 19.5. The third-order valence-electron chi connectivity index (χ3n) is 3.97. The summed E-state index contributed by atoms with van der Waals surface area (Å²) in [6.45, 7) is 2.27. The fraction of sp³-hybridized carbons (Fsp3) is 0.105. The number of hydrogen-bond acceptors (Lipinski definition) is 6. The van der Waals surface area contributed by atoms with E-state index in [-0.39, 0.29) is 23.2 Å². The van der Waals surface area contributed by atoms with Crippen molar-refractivity contribution >= 4 is 23.4 Å². The van der Waals surface area contributed by atoms with E-state index in [1.807, 2.05) is 6.07 Å². The number of urea groups is 1. The Morgan fingerprint density at radius 3 is 2.79 bits per heavy atom. The van der Waals surface area contributed by atoms with Crippen molar-refractivity contribution in [1.29, 1.82) is 0 Å². The predicted octanol–water partition coefficient (Wildman–Crippen LogP) is 2.76. The third-order valence-corrected chi connectivity index (χ3v) is 3.97. The first kappa shape index (κ1) is 17.4. The maximum Gasteiger partial charge on any atom is 0.321 e. The summed E-state index contributed by atoms with van der Waals surface area (Å²) in [7, 11) is 0. The van der Waals surface area contributed by atoms with Crippen molar-refractivity contribution in [1.82, 2.24) is 24.9 Å². The first-order valence-electron chi connectivity index (χ1n) is 8.60. The molecule has 0 aliphatic rings.